The number of para-hydroxylation sites is 1. The van der Waals surface area contributed by atoms with Gasteiger partial charge in [-0.25, -0.2) is 4.98 Å². The number of aromatic nitrogens is 1. The Bertz CT molecular complexity index is 888. The van der Waals surface area contributed by atoms with E-state index in [1.165, 1.54) is 15.8 Å². The van der Waals surface area contributed by atoms with Crippen LogP contribution in [0.15, 0.2) is 48.5 Å². The van der Waals surface area contributed by atoms with Crippen LogP contribution in [-0.4, -0.2) is 35.4 Å². The minimum Gasteiger partial charge on any atom is -0.355 e. The highest BCUT2D eigenvalue weighted by molar-refractivity contribution is 7.18. The molecule has 1 N–H and O–H groups in total. The molecule has 0 aliphatic carbocycles. The molecule has 0 atom stereocenters. The summed E-state index contributed by atoms with van der Waals surface area (Å²) < 4.78 is 1.22. The average molecular weight is 380 g/mol. The molecule has 1 aliphatic heterocycles. The zero-order valence-corrected chi connectivity index (χ0v) is 16.3. The van der Waals surface area contributed by atoms with Crippen molar-refractivity contribution in [2.75, 3.05) is 19.6 Å². The quantitative estimate of drug-likeness (QED) is 0.679. The molecule has 2 heterocycles. The normalized spacial score (nSPS) is 14.2. The van der Waals surface area contributed by atoms with Crippen LogP contribution < -0.4 is 5.32 Å². The second-order valence-corrected chi connectivity index (χ2v) is 8.19. The van der Waals surface area contributed by atoms with Crippen molar-refractivity contribution in [2.45, 2.75) is 32.2 Å². The van der Waals surface area contributed by atoms with Crippen molar-refractivity contribution in [3.05, 3.63) is 64.7 Å². The summed E-state index contributed by atoms with van der Waals surface area (Å²) in [5.74, 6) is 0.147. The number of nitrogens with one attached hydrogen (secondary N) is 1. The molecule has 1 amide bonds. The van der Waals surface area contributed by atoms with Crippen LogP contribution in [0.1, 0.15) is 29.0 Å². The van der Waals surface area contributed by atoms with E-state index in [2.05, 4.69) is 45.5 Å². The fraction of sp³-hybridized carbons (Fsp3) is 0.364. The molecule has 0 bridgehead atoms. The second-order valence-electron chi connectivity index (χ2n) is 7.07. The van der Waals surface area contributed by atoms with Crippen molar-refractivity contribution in [1.82, 2.24) is 15.2 Å². The number of hydrogen-bond acceptors (Lipinski definition) is 4. The number of carbonyl (C=O) groups excluding carboxylic acids is 1. The third-order valence-electron chi connectivity index (χ3n) is 5.09. The minimum absolute atomic E-state index is 0.147. The first kappa shape index (κ1) is 18.1. The molecular formula is C22H25N3OS. The molecular weight excluding hydrogens is 354 g/mol. The first-order chi connectivity index (χ1) is 13.3. The molecule has 27 heavy (non-hydrogen) atoms. The van der Waals surface area contributed by atoms with Crippen LogP contribution >= 0.6 is 11.3 Å². The van der Waals surface area contributed by atoms with Crippen LogP contribution in [0.2, 0.25) is 0 Å². The van der Waals surface area contributed by atoms with Crippen LogP contribution in [-0.2, 0) is 24.2 Å². The van der Waals surface area contributed by atoms with E-state index < -0.39 is 0 Å². The van der Waals surface area contributed by atoms with Crippen LogP contribution in [0.4, 0.5) is 0 Å². The topological polar surface area (TPSA) is 45.2 Å². The summed E-state index contributed by atoms with van der Waals surface area (Å²) in [6.07, 6.45) is 3.39. The number of hydrogen-bond donors (Lipinski definition) is 1. The van der Waals surface area contributed by atoms with Crippen molar-refractivity contribution >= 4 is 27.5 Å². The van der Waals surface area contributed by atoms with E-state index in [1.807, 2.05) is 18.2 Å². The molecule has 0 radical (unpaired) electrons. The van der Waals surface area contributed by atoms with E-state index >= 15 is 0 Å². The van der Waals surface area contributed by atoms with Gasteiger partial charge in [-0.2, -0.15) is 0 Å². The number of amides is 1. The number of benzene rings is 2. The standard InChI is InChI=1S/C22H25N3OS/c26-21(10-5-11-22-24-19-8-3-4-9-20(19)27-22)23-13-15-25-14-12-17-6-1-2-7-18(17)16-25/h1-4,6-9H,5,10-16H2,(H,23,26). The lowest BCUT2D eigenvalue weighted by atomic mass is 10.00. The summed E-state index contributed by atoms with van der Waals surface area (Å²) in [7, 11) is 0. The summed E-state index contributed by atoms with van der Waals surface area (Å²) in [5.41, 5.74) is 3.95. The summed E-state index contributed by atoms with van der Waals surface area (Å²) >= 11 is 1.73. The molecule has 0 spiro atoms. The lowest BCUT2D eigenvalue weighted by Gasteiger charge is -2.28. The molecule has 4 nitrogen and oxygen atoms in total. The first-order valence-electron chi connectivity index (χ1n) is 9.68. The highest BCUT2D eigenvalue weighted by Crippen LogP contribution is 2.22. The van der Waals surface area contributed by atoms with Gasteiger partial charge in [0.2, 0.25) is 5.91 Å². The van der Waals surface area contributed by atoms with Crippen LogP contribution in [0.3, 0.4) is 0 Å². The molecule has 140 valence electrons. The lowest BCUT2D eigenvalue weighted by molar-refractivity contribution is -0.121. The molecule has 4 rings (SSSR count). The SMILES string of the molecule is O=C(CCCc1nc2ccccc2s1)NCCN1CCc2ccccc2C1. The summed E-state index contributed by atoms with van der Waals surface area (Å²) in [6, 6.07) is 16.8. The van der Waals surface area contributed by atoms with Gasteiger partial charge in [0.05, 0.1) is 15.2 Å². The van der Waals surface area contributed by atoms with Gasteiger partial charge in [0, 0.05) is 32.6 Å². The van der Waals surface area contributed by atoms with Gasteiger partial charge in [-0.3, -0.25) is 9.69 Å². The second kappa shape index (κ2) is 8.63. The Hall–Kier alpha value is -2.24. The molecule has 0 fully saturated rings. The molecule has 0 saturated heterocycles. The predicted octanol–water partition coefficient (Wildman–Crippen LogP) is 3.79. The van der Waals surface area contributed by atoms with Crippen molar-refractivity contribution in [2.24, 2.45) is 0 Å². The van der Waals surface area contributed by atoms with E-state index in [-0.39, 0.29) is 5.91 Å². The molecule has 1 aliphatic rings. The third-order valence-corrected chi connectivity index (χ3v) is 6.19. The Morgan fingerprint density at radius 3 is 2.81 bits per heavy atom. The molecule has 0 unspecified atom stereocenters. The molecule has 5 heteroatoms. The minimum atomic E-state index is 0.147. The maximum absolute atomic E-state index is 12.1. The predicted molar refractivity (Wildman–Crippen MR) is 111 cm³/mol. The van der Waals surface area contributed by atoms with Crippen LogP contribution in [0.25, 0.3) is 10.2 Å². The maximum Gasteiger partial charge on any atom is 0.220 e. The van der Waals surface area contributed by atoms with E-state index in [9.17, 15) is 4.79 Å². The lowest BCUT2D eigenvalue weighted by Crippen LogP contribution is -2.37. The highest BCUT2D eigenvalue weighted by atomic mass is 32.1. The Kier molecular flexibility index (Phi) is 5.80. The van der Waals surface area contributed by atoms with Gasteiger partial charge in [-0.1, -0.05) is 36.4 Å². The monoisotopic (exact) mass is 379 g/mol. The highest BCUT2D eigenvalue weighted by Gasteiger charge is 2.15. The average Bonchev–Trinajstić information content (AvgIpc) is 3.11. The van der Waals surface area contributed by atoms with Gasteiger partial charge < -0.3 is 5.32 Å². The summed E-state index contributed by atoms with van der Waals surface area (Å²) in [5, 5.41) is 4.19. The van der Waals surface area contributed by atoms with Gasteiger partial charge in [-0.05, 0) is 42.5 Å². The number of rotatable bonds is 7. The van der Waals surface area contributed by atoms with Crippen molar-refractivity contribution in [3.63, 3.8) is 0 Å². The summed E-state index contributed by atoms with van der Waals surface area (Å²) in [4.78, 5) is 19.2. The molecule has 2 aromatic carbocycles. The van der Waals surface area contributed by atoms with E-state index in [4.69, 9.17) is 0 Å². The van der Waals surface area contributed by atoms with Gasteiger partial charge >= 0.3 is 0 Å². The largest absolute Gasteiger partial charge is 0.355 e. The first-order valence-corrected chi connectivity index (χ1v) is 10.5. The Labute approximate surface area is 164 Å². The van der Waals surface area contributed by atoms with E-state index in [0.29, 0.717) is 6.42 Å². The Balaban J connectivity index is 1.15. The fourth-order valence-corrected chi connectivity index (χ4v) is 4.62. The van der Waals surface area contributed by atoms with Gasteiger partial charge in [0.1, 0.15) is 0 Å². The van der Waals surface area contributed by atoms with Gasteiger partial charge in [0.15, 0.2) is 0 Å². The Morgan fingerprint density at radius 2 is 1.93 bits per heavy atom. The van der Waals surface area contributed by atoms with Crippen molar-refractivity contribution in [1.29, 1.82) is 0 Å². The Morgan fingerprint density at radius 1 is 1.11 bits per heavy atom. The summed E-state index contributed by atoms with van der Waals surface area (Å²) in [6.45, 7) is 3.70. The van der Waals surface area contributed by atoms with E-state index in [0.717, 1.165) is 56.0 Å². The molecule has 3 aromatic rings. The molecule has 0 saturated carbocycles. The number of carbonyl (C=O) groups is 1. The van der Waals surface area contributed by atoms with Crippen molar-refractivity contribution in [3.8, 4) is 0 Å². The van der Waals surface area contributed by atoms with E-state index in [1.54, 1.807) is 11.3 Å². The number of aryl methyl sites for hydroxylation is 1. The third kappa shape index (κ3) is 4.73. The number of nitrogens with zero attached hydrogens (tertiary/aromatic N) is 2. The maximum atomic E-state index is 12.1. The van der Waals surface area contributed by atoms with Crippen LogP contribution in [0, 0.1) is 0 Å². The molecule has 1 aromatic heterocycles. The number of fused-ring (bicyclic) bond motifs is 2. The number of thiazole rings is 1. The fourth-order valence-electron chi connectivity index (χ4n) is 3.61. The van der Waals surface area contributed by atoms with Crippen molar-refractivity contribution < 1.29 is 4.79 Å². The zero-order chi connectivity index (χ0) is 18.5. The zero-order valence-electron chi connectivity index (χ0n) is 15.5. The van der Waals surface area contributed by atoms with Gasteiger partial charge in [-0.15, -0.1) is 11.3 Å². The van der Waals surface area contributed by atoms with Gasteiger partial charge in [0.25, 0.3) is 0 Å². The van der Waals surface area contributed by atoms with Crippen LogP contribution in [0.5, 0.6) is 0 Å². The smallest absolute Gasteiger partial charge is 0.220 e.